The first kappa shape index (κ1) is 33.1. The van der Waals surface area contributed by atoms with Crippen LogP contribution in [0.2, 0.25) is 0 Å². The number of halogens is 2. The second-order valence-electron chi connectivity index (χ2n) is 7.87. The van der Waals surface area contributed by atoms with Crippen molar-refractivity contribution in [2.24, 2.45) is 0 Å². The van der Waals surface area contributed by atoms with Gasteiger partial charge >= 0.3 is 25.8 Å². The van der Waals surface area contributed by atoms with Crippen LogP contribution >= 0.6 is 0 Å². The van der Waals surface area contributed by atoms with Crippen molar-refractivity contribution in [1.29, 1.82) is 0 Å². The van der Waals surface area contributed by atoms with Crippen LogP contribution in [0.1, 0.15) is 10.4 Å². The molecule has 0 fully saturated rings. The van der Waals surface area contributed by atoms with Crippen molar-refractivity contribution in [2.45, 2.75) is 0 Å². The van der Waals surface area contributed by atoms with Crippen LogP contribution in [-0.2, 0) is 25.8 Å². The number of rotatable bonds is 3. The maximum atomic E-state index is 10.3. The third-order valence-electron chi connectivity index (χ3n) is 5.39. The molecule has 0 bridgehead atoms. The van der Waals surface area contributed by atoms with Gasteiger partial charge in [-0.1, -0.05) is 138 Å². The summed E-state index contributed by atoms with van der Waals surface area (Å²) in [7, 11) is 0.777. The molecule has 186 valence electrons. The number of hydrogen-bond acceptors (Lipinski definition) is 1. The zero-order chi connectivity index (χ0) is 24.3. The Labute approximate surface area is 258 Å². The van der Waals surface area contributed by atoms with Gasteiger partial charge in [-0.25, -0.2) is 0 Å². The van der Waals surface area contributed by atoms with Crippen molar-refractivity contribution < 1.29 is 55.5 Å². The molecule has 6 rings (SSSR count). The Kier molecular flexibility index (Phi) is 15.3. The minimum absolute atomic E-state index is 0. The van der Waals surface area contributed by atoms with Crippen molar-refractivity contribution >= 4 is 47.3 Å². The number of fused-ring (bicyclic) bond motifs is 3. The maximum Gasteiger partial charge on any atom is 4.00 e. The van der Waals surface area contributed by atoms with E-state index in [0.717, 1.165) is 9.52 Å². The van der Waals surface area contributed by atoms with Gasteiger partial charge in [0.1, 0.15) is 9.52 Å². The predicted octanol–water partition coefficient (Wildman–Crippen LogP) is 0.938. The van der Waals surface area contributed by atoms with E-state index in [1.165, 1.54) is 31.9 Å². The van der Waals surface area contributed by atoms with Gasteiger partial charge in [0.2, 0.25) is 0 Å². The molecule has 0 spiro atoms. The van der Waals surface area contributed by atoms with Gasteiger partial charge in [0.25, 0.3) is 0 Å². The Morgan fingerprint density at radius 1 is 0.526 bits per heavy atom. The van der Waals surface area contributed by atoms with Gasteiger partial charge in [-0.05, 0) is 5.56 Å². The SMILES string of the molecule is [Cl-].[Cl-].[Hf+4].[NH-]C(=O)c1ccccc1.c1ccc([Si]c2ccccc2)cc1.c1ccc2c(c1)[cH-]c1ccccc12. The Bertz CT molecular complexity index is 1410. The molecule has 0 heterocycles. The van der Waals surface area contributed by atoms with Crippen LogP contribution in [0.3, 0.4) is 0 Å². The molecule has 0 atom stereocenters. The number of benzene rings is 5. The van der Waals surface area contributed by atoms with Crippen LogP contribution in [0.4, 0.5) is 0 Å². The molecule has 0 aliphatic heterocycles. The molecule has 2 radical (unpaired) electrons. The van der Waals surface area contributed by atoms with Crippen molar-refractivity contribution in [1.82, 2.24) is 0 Å². The molecule has 0 aromatic heterocycles. The monoisotopic (exact) mass is 717 g/mol. The third-order valence-corrected chi connectivity index (χ3v) is 6.64. The summed E-state index contributed by atoms with van der Waals surface area (Å²) in [5.41, 5.74) is 7.12. The van der Waals surface area contributed by atoms with E-state index in [1.807, 2.05) is 6.07 Å². The molecule has 0 aliphatic rings. The fraction of sp³-hybridized carbons (Fsp3) is 0. The van der Waals surface area contributed by atoms with E-state index < -0.39 is 5.91 Å². The zero-order valence-electron chi connectivity index (χ0n) is 20.5. The molecule has 6 aromatic rings. The van der Waals surface area contributed by atoms with Gasteiger partial charge < -0.3 is 35.3 Å². The summed E-state index contributed by atoms with van der Waals surface area (Å²) < 4.78 is 0. The molecule has 0 saturated carbocycles. The van der Waals surface area contributed by atoms with Gasteiger partial charge in [-0.15, -0.1) is 39.7 Å². The van der Waals surface area contributed by atoms with Crippen LogP contribution in [0.5, 0.6) is 0 Å². The number of amides is 1. The first-order valence-corrected chi connectivity index (χ1v) is 12.4. The largest absolute Gasteiger partial charge is 4.00 e. The van der Waals surface area contributed by atoms with E-state index in [9.17, 15) is 4.79 Å². The topological polar surface area (TPSA) is 40.9 Å². The van der Waals surface area contributed by atoms with E-state index >= 15 is 0 Å². The molecular formula is C32H25Cl2HfNOSi. The number of carbonyl (C=O) groups is 1. The molecule has 6 aromatic carbocycles. The summed E-state index contributed by atoms with van der Waals surface area (Å²) in [5, 5.41) is 8.19. The fourth-order valence-electron chi connectivity index (χ4n) is 3.70. The smallest absolute Gasteiger partial charge is 1.00 e. The van der Waals surface area contributed by atoms with Crippen molar-refractivity contribution in [2.75, 3.05) is 0 Å². The van der Waals surface area contributed by atoms with Crippen molar-refractivity contribution in [3.05, 3.63) is 157 Å². The van der Waals surface area contributed by atoms with Crippen LogP contribution in [0.15, 0.2) is 146 Å². The van der Waals surface area contributed by atoms with E-state index in [0.29, 0.717) is 5.56 Å². The second-order valence-corrected chi connectivity index (χ2v) is 9.28. The zero-order valence-corrected chi connectivity index (χ0v) is 26.6. The standard InChI is InChI=1S/C13H9.C12H10Si.C7H7NO.2ClH.Hf/c1-3-7-12-10(5-1)9-11-6-2-4-8-13(11)12;1-3-7-11(8-4-1)13-12-9-5-2-6-10-12;8-7(9)6-4-2-1-3-5-6;;;/h1-9H;1-10H;1-5H,(H2,8,9);2*1H;/q-1;;;;;+4/p-3. The van der Waals surface area contributed by atoms with Crippen LogP contribution in [0, 0.1) is 0 Å². The average molecular weight is 717 g/mol. The number of nitrogens with one attached hydrogen (secondary N) is 1. The molecule has 1 N–H and O–H groups in total. The summed E-state index contributed by atoms with van der Waals surface area (Å²) in [4.78, 5) is 10.3. The summed E-state index contributed by atoms with van der Waals surface area (Å²) in [6, 6.07) is 49.0. The van der Waals surface area contributed by atoms with Crippen LogP contribution in [-0.4, -0.2) is 15.4 Å². The quantitative estimate of drug-likeness (QED) is 0.199. The average Bonchev–Trinajstić information content (AvgIpc) is 3.30. The van der Waals surface area contributed by atoms with Gasteiger partial charge in [-0.2, -0.15) is 0 Å². The normalized spacial score (nSPS) is 9.26. The molecule has 0 aliphatic carbocycles. The number of carbonyl (C=O) groups excluding carboxylic acids is 1. The Morgan fingerprint density at radius 2 is 0.868 bits per heavy atom. The predicted molar refractivity (Wildman–Crippen MR) is 150 cm³/mol. The third kappa shape index (κ3) is 9.77. The van der Waals surface area contributed by atoms with Crippen molar-refractivity contribution in [3.8, 4) is 0 Å². The van der Waals surface area contributed by atoms with Crippen molar-refractivity contribution in [3.63, 3.8) is 0 Å². The van der Waals surface area contributed by atoms with Crippen LogP contribution < -0.4 is 35.2 Å². The molecule has 0 saturated heterocycles. The summed E-state index contributed by atoms with van der Waals surface area (Å²) in [5.74, 6) is -0.629. The maximum absolute atomic E-state index is 10.3. The van der Waals surface area contributed by atoms with E-state index in [2.05, 4.69) is 115 Å². The molecule has 6 heteroatoms. The first-order chi connectivity index (χ1) is 17.2. The molecule has 1 amide bonds. The minimum Gasteiger partial charge on any atom is -1.00 e. The molecular weight excluding hydrogens is 692 g/mol. The fourth-order valence-corrected chi connectivity index (χ4v) is 4.75. The van der Waals surface area contributed by atoms with Gasteiger partial charge in [0.15, 0.2) is 0 Å². The van der Waals surface area contributed by atoms with Gasteiger partial charge in [-0.3, -0.25) is 0 Å². The van der Waals surface area contributed by atoms with Crippen LogP contribution in [0.25, 0.3) is 27.3 Å². The van der Waals surface area contributed by atoms with E-state index in [4.69, 9.17) is 5.73 Å². The van der Waals surface area contributed by atoms with E-state index in [1.54, 1.807) is 24.3 Å². The molecule has 0 unspecified atom stereocenters. The second kappa shape index (κ2) is 17.6. The summed E-state index contributed by atoms with van der Waals surface area (Å²) in [6.07, 6.45) is 0. The Morgan fingerprint density at radius 3 is 1.24 bits per heavy atom. The summed E-state index contributed by atoms with van der Waals surface area (Å²) >= 11 is 0. The number of hydrogen-bond donors (Lipinski definition) is 0. The summed E-state index contributed by atoms with van der Waals surface area (Å²) in [6.45, 7) is 0. The molecule has 38 heavy (non-hydrogen) atoms. The first-order valence-electron chi connectivity index (χ1n) is 11.4. The Hall–Kier alpha value is -2.89. The van der Waals surface area contributed by atoms with Gasteiger partial charge in [0, 0.05) is 0 Å². The van der Waals surface area contributed by atoms with E-state index in [-0.39, 0.29) is 50.7 Å². The minimum atomic E-state index is -0.629. The van der Waals surface area contributed by atoms with Gasteiger partial charge in [0.05, 0.1) is 5.91 Å². The Balaban J connectivity index is 0.000000279. The molecule has 2 nitrogen and oxygen atoms in total.